The highest BCUT2D eigenvalue weighted by Gasteiger charge is 2.43. The van der Waals surface area contributed by atoms with Crippen molar-refractivity contribution >= 4 is 28.8 Å². The van der Waals surface area contributed by atoms with E-state index in [9.17, 15) is 14.9 Å². The molecule has 1 saturated heterocycles. The molecule has 2 fully saturated rings. The summed E-state index contributed by atoms with van der Waals surface area (Å²) in [5.74, 6) is 0.482. The van der Waals surface area contributed by atoms with Crippen LogP contribution in [-0.4, -0.2) is 37.0 Å². The van der Waals surface area contributed by atoms with Gasteiger partial charge in [-0.25, -0.2) is 0 Å². The molecule has 1 aliphatic carbocycles. The molecule has 5 rings (SSSR count). The quantitative estimate of drug-likeness (QED) is 0.779. The number of benzene rings is 1. The van der Waals surface area contributed by atoms with Gasteiger partial charge >= 0.3 is 0 Å². The third-order valence-corrected chi connectivity index (χ3v) is 7.79. The average molecular weight is 421 g/mol. The fourth-order valence-corrected chi connectivity index (χ4v) is 6.03. The first-order valence-corrected chi connectivity index (χ1v) is 11.3. The number of nitriles is 1. The zero-order valence-electron chi connectivity index (χ0n) is 16.9. The van der Waals surface area contributed by atoms with E-state index in [4.69, 9.17) is 0 Å². The Hall–Kier alpha value is -2.69. The van der Waals surface area contributed by atoms with E-state index in [0.29, 0.717) is 24.8 Å². The number of likely N-dealkylation sites (N-methyl/N-ethyl adjacent to an activating group) is 1. The van der Waals surface area contributed by atoms with Crippen molar-refractivity contribution < 1.29 is 9.59 Å². The van der Waals surface area contributed by atoms with Crippen LogP contribution in [0.4, 0.5) is 5.69 Å². The molecule has 0 unspecified atom stereocenters. The Morgan fingerprint density at radius 1 is 1.37 bits per heavy atom. The van der Waals surface area contributed by atoms with Gasteiger partial charge in [0.25, 0.3) is 0 Å². The van der Waals surface area contributed by atoms with Gasteiger partial charge in [-0.05, 0) is 54.5 Å². The molecule has 1 aromatic carbocycles. The number of carbonyl (C=O) groups excluding carboxylic acids is 2. The van der Waals surface area contributed by atoms with Crippen LogP contribution >= 0.6 is 11.3 Å². The Morgan fingerprint density at radius 3 is 2.97 bits per heavy atom. The molecule has 0 radical (unpaired) electrons. The van der Waals surface area contributed by atoms with Gasteiger partial charge in [-0.15, -0.1) is 11.3 Å². The second-order valence-corrected chi connectivity index (χ2v) is 9.72. The van der Waals surface area contributed by atoms with Crippen LogP contribution in [0.25, 0.3) is 10.4 Å². The Labute approximate surface area is 179 Å². The molecule has 0 spiro atoms. The number of nitrogens with zero attached hydrogens (tertiary/aromatic N) is 2. The van der Waals surface area contributed by atoms with Crippen LogP contribution in [0.5, 0.6) is 0 Å². The van der Waals surface area contributed by atoms with E-state index < -0.39 is 6.04 Å². The van der Waals surface area contributed by atoms with Crippen molar-refractivity contribution in [3.05, 3.63) is 40.8 Å². The van der Waals surface area contributed by atoms with Crippen LogP contribution in [-0.2, 0) is 22.4 Å². The van der Waals surface area contributed by atoms with E-state index in [-0.39, 0.29) is 17.9 Å². The Morgan fingerprint density at radius 2 is 2.23 bits per heavy atom. The maximum Gasteiger partial charge on any atom is 0.238 e. The molecule has 1 saturated carbocycles. The second kappa shape index (κ2) is 7.53. The van der Waals surface area contributed by atoms with E-state index in [1.165, 1.54) is 0 Å². The average Bonchev–Trinajstić information content (AvgIpc) is 3.53. The molecule has 2 aliphatic heterocycles. The van der Waals surface area contributed by atoms with Gasteiger partial charge in [-0.3, -0.25) is 9.59 Å². The Bertz CT molecular complexity index is 1060. The van der Waals surface area contributed by atoms with Crippen molar-refractivity contribution in [2.24, 2.45) is 5.92 Å². The molecule has 1 aromatic heterocycles. The van der Waals surface area contributed by atoms with Gasteiger partial charge in [0.1, 0.15) is 6.04 Å². The predicted molar refractivity (Wildman–Crippen MR) is 116 cm³/mol. The standard InChI is InChI=1S/C23H24N4O2S/c1-27-19-9-14(3-2-13(19)10-21(27)28)20-7-6-18(30-20)11-17(12-24)26-23(29)22-15-4-5-16(8-15)25-22/h2-3,6-7,9,15-17,22,25H,4-5,8,10-11H2,1H3,(H,26,29)/t15-,16-,17-,22-/m0/s1. The van der Waals surface area contributed by atoms with Crippen LogP contribution < -0.4 is 15.5 Å². The van der Waals surface area contributed by atoms with Gasteiger partial charge in [0, 0.05) is 35.0 Å². The molecular formula is C23H24N4O2S. The molecule has 30 heavy (non-hydrogen) atoms. The molecule has 2 aromatic rings. The number of rotatable bonds is 5. The van der Waals surface area contributed by atoms with Crippen molar-refractivity contribution in [1.29, 1.82) is 5.26 Å². The molecule has 3 aliphatic rings. The third-order valence-electron chi connectivity index (χ3n) is 6.63. The normalized spacial score (nSPS) is 25.3. The highest BCUT2D eigenvalue weighted by atomic mass is 32.1. The van der Waals surface area contributed by atoms with E-state index in [1.807, 2.05) is 31.3 Å². The van der Waals surface area contributed by atoms with Gasteiger partial charge in [-0.2, -0.15) is 5.26 Å². The van der Waals surface area contributed by atoms with Gasteiger partial charge in [0.2, 0.25) is 11.8 Å². The lowest BCUT2D eigenvalue weighted by molar-refractivity contribution is -0.124. The molecule has 2 N–H and O–H groups in total. The van der Waals surface area contributed by atoms with Crippen molar-refractivity contribution in [3.8, 4) is 16.5 Å². The van der Waals surface area contributed by atoms with Crippen molar-refractivity contribution in [3.63, 3.8) is 0 Å². The lowest BCUT2D eigenvalue weighted by Crippen LogP contribution is -2.50. The maximum atomic E-state index is 12.6. The van der Waals surface area contributed by atoms with Gasteiger partial charge in [0.15, 0.2) is 0 Å². The van der Waals surface area contributed by atoms with E-state index in [2.05, 4.69) is 22.8 Å². The van der Waals surface area contributed by atoms with E-state index in [1.54, 1.807) is 16.2 Å². The number of hydrogen-bond acceptors (Lipinski definition) is 5. The van der Waals surface area contributed by atoms with Crippen LogP contribution in [0.15, 0.2) is 30.3 Å². The zero-order chi connectivity index (χ0) is 20.8. The number of fused-ring (bicyclic) bond motifs is 3. The fourth-order valence-electron chi connectivity index (χ4n) is 4.98. The van der Waals surface area contributed by atoms with Gasteiger partial charge in [0.05, 0.1) is 18.5 Å². The topological polar surface area (TPSA) is 85.2 Å². The van der Waals surface area contributed by atoms with Crippen molar-refractivity contribution in [2.45, 2.75) is 50.2 Å². The minimum atomic E-state index is -0.534. The van der Waals surface area contributed by atoms with E-state index >= 15 is 0 Å². The van der Waals surface area contributed by atoms with Crippen molar-refractivity contribution in [1.82, 2.24) is 10.6 Å². The van der Waals surface area contributed by atoms with Crippen LogP contribution in [0.1, 0.15) is 29.7 Å². The number of carbonyl (C=O) groups is 2. The molecule has 2 amide bonds. The van der Waals surface area contributed by atoms with Crippen LogP contribution in [0.3, 0.4) is 0 Å². The van der Waals surface area contributed by atoms with Crippen LogP contribution in [0.2, 0.25) is 0 Å². The summed E-state index contributed by atoms with van der Waals surface area (Å²) in [6.45, 7) is 0. The molecule has 3 heterocycles. The lowest BCUT2D eigenvalue weighted by Gasteiger charge is -2.23. The summed E-state index contributed by atoms with van der Waals surface area (Å²) in [5, 5.41) is 15.9. The zero-order valence-corrected chi connectivity index (χ0v) is 17.7. The summed E-state index contributed by atoms with van der Waals surface area (Å²) in [5.41, 5.74) is 3.09. The van der Waals surface area contributed by atoms with Gasteiger partial charge in [-0.1, -0.05) is 12.1 Å². The maximum absolute atomic E-state index is 12.6. The number of thiophene rings is 1. The number of amides is 2. The number of piperidine rings is 1. The smallest absolute Gasteiger partial charge is 0.238 e. The molecular weight excluding hydrogens is 396 g/mol. The highest BCUT2D eigenvalue weighted by Crippen LogP contribution is 2.36. The first kappa shape index (κ1) is 19.3. The summed E-state index contributed by atoms with van der Waals surface area (Å²) in [6, 6.07) is 12.2. The fraction of sp³-hybridized carbons (Fsp3) is 0.435. The van der Waals surface area contributed by atoms with E-state index in [0.717, 1.165) is 45.8 Å². The predicted octanol–water partition coefficient (Wildman–Crippen LogP) is 2.63. The minimum absolute atomic E-state index is 0.0446. The Balaban J connectivity index is 1.26. The number of hydrogen-bond donors (Lipinski definition) is 2. The van der Waals surface area contributed by atoms with Gasteiger partial charge < -0.3 is 15.5 Å². The summed E-state index contributed by atoms with van der Waals surface area (Å²) >= 11 is 1.63. The molecule has 7 heteroatoms. The summed E-state index contributed by atoms with van der Waals surface area (Å²) in [7, 11) is 1.81. The molecule has 154 valence electrons. The Kier molecular flexibility index (Phi) is 4.84. The summed E-state index contributed by atoms with van der Waals surface area (Å²) in [4.78, 5) is 28.4. The number of anilines is 1. The molecule has 4 atom stereocenters. The monoisotopic (exact) mass is 420 g/mol. The summed E-state index contributed by atoms with van der Waals surface area (Å²) in [6.07, 6.45) is 4.29. The van der Waals surface area contributed by atoms with Crippen LogP contribution in [0, 0.1) is 17.2 Å². The first-order chi connectivity index (χ1) is 14.5. The van der Waals surface area contributed by atoms with Crippen molar-refractivity contribution in [2.75, 3.05) is 11.9 Å². The lowest BCUT2D eigenvalue weighted by atomic mass is 9.99. The number of nitrogens with one attached hydrogen (secondary N) is 2. The second-order valence-electron chi connectivity index (χ2n) is 8.55. The largest absolute Gasteiger partial charge is 0.339 e. The summed E-state index contributed by atoms with van der Waals surface area (Å²) < 4.78 is 0. The third kappa shape index (κ3) is 3.40. The highest BCUT2D eigenvalue weighted by molar-refractivity contribution is 7.15. The SMILES string of the molecule is CN1C(=O)Cc2ccc(-c3ccc(C[C@@H](C#N)NC(=O)[C@H]4N[C@H]5CC[C@H]4C5)s3)cc21. The molecule has 6 nitrogen and oxygen atoms in total. The molecule has 2 bridgehead atoms. The minimum Gasteiger partial charge on any atom is -0.339 e. The first-order valence-electron chi connectivity index (χ1n) is 10.5.